The number of nitrogen functional groups attached to an aromatic ring is 1. The predicted molar refractivity (Wildman–Crippen MR) is 112 cm³/mol. The molecule has 0 saturated heterocycles. The zero-order valence-electron chi connectivity index (χ0n) is 15.3. The summed E-state index contributed by atoms with van der Waals surface area (Å²) in [6.45, 7) is 3.96. The monoisotopic (exact) mass is 399 g/mol. The lowest BCUT2D eigenvalue weighted by Gasteiger charge is -2.16. The summed E-state index contributed by atoms with van der Waals surface area (Å²) in [5.41, 5.74) is 14.2. The van der Waals surface area contributed by atoms with Gasteiger partial charge in [-0.05, 0) is 55.0 Å². The van der Waals surface area contributed by atoms with E-state index in [1.807, 2.05) is 24.3 Å². The van der Waals surface area contributed by atoms with E-state index in [1.165, 1.54) is 0 Å². The molecule has 1 aliphatic rings. The highest BCUT2D eigenvalue weighted by Gasteiger charge is 2.27. The number of halogens is 1. The second kappa shape index (κ2) is 7.33. The number of aromatic nitrogens is 2. The molecule has 1 aromatic carbocycles. The Morgan fingerprint density at radius 3 is 2.86 bits per heavy atom. The van der Waals surface area contributed by atoms with Crippen molar-refractivity contribution in [2.75, 3.05) is 17.7 Å². The number of aliphatic hydroxyl groups is 1. The Balaban J connectivity index is 1.74. The summed E-state index contributed by atoms with van der Waals surface area (Å²) in [5, 5.41) is 13.9. The lowest BCUT2D eigenvalue weighted by atomic mass is 10.1. The molecule has 0 bridgehead atoms. The van der Waals surface area contributed by atoms with Gasteiger partial charge in [-0.3, -0.25) is 0 Å². The molecule has 1 saturated carbocycles. The van der Waals surface area contributed by atoms with Gasteiger partial charge < -0.3 is 26.3 Å². The lowest BCUT2D eigenvalue weighted by molar-refractivity contribution is 0.229. The van der Waals surface area contributed by atoms with E-state index in [4.69, 9.17) is 27.5 Å². The summed E-state index contributed by atoms with van der Waals surface area (Å²) in [7, 11) is 0. The third-order valence-corrected chi connectivity index (χ3v) is 5.43. The standard InChI is InChI=1S/C20H22ClN5O2/c1-10(22)12-3-5-15-13(7-12)8-16(28-15)17-18(21)25-20(23)26-19(17)24-14-4-2-11(6-14)9-27/h3,5,7-8,11,14,27H,1-2,4,6,9,22H2,(H3,23,24,25,26). The van der Waals surface area contributed by atoms with E-state index in [1.54, 1.807) is 0 Å². The number of nitrogens with one attached hydrogen (secondary N) is 1. The number of aliphatic hydroxyl groups excluding tert-OH is 1. The van der Waals surface area contributed by atoms with Crippen LogP contribution < -0.4 is 16.8 Å². The van der Waals surface area contributed by atoms with Crippen molar-refractivity contribution in [2.45, 2.75) is 25.3 Å². The van der Waals surface area contributed by atoms with Crippen molar-refractivity contribution in [2.24, 2.45) is 11.7 Å². The van der Waals surface area contributed by atoms with Crippen LogP contribution in [0, 0.1) is 5.92 Å². The van der Waals surface area contributed by atoms with Crippen molar-refractivity contribution in [3.8, 4) is 11.3 Å². The van der Waals surface area contributed by atoms with E-state index in [0.717, 1.165) is 30.2 Å². The van der Waals surface area contributed by atoms with Crippen molar-refractivity contribution in [3.05, 3.63) is 41.6 Å². The van der Waals surface area contributed by atoms with Crippen LogP contribution in [-0.2, 0) is 0 Å². The first-order valence-corrected chi connectivity index (χ1v) is 9.51. The maximum atomic E-state index is 9.39. The van der Waals surface area contributed by atoms with Crippen LogP contribution >= 0.6 is 11.6 Å². The van der Waals surface area contributed by atoms with Crippen LogP contribution in [0.5, 0.6) is 0 Å². The molecule has 2 aromatic heterocycles. The fraction of sp³-hybridized carbons (Fsp3) is 0.300. The SMILES string of the molecule is C=C(N)c1ccc2oc(-c3c(Cl)nc(N)nc3NC3CCC(CO)C3)cc2c1. The lowest BCUT2D eigenvalue weighted by Crippen LogP contribution is -2.18. The van der Waals surface area contributed by atoms with Gasteiger partial charge >= 0.3 is 0 Å². The van der Waals surface area contributed by atoms with Crippen molar-refractivity contribution in [1.82, 2.24) is 9.97 Å². The highest BCUT2D eigenvalue weighted by molar-refractivity contribution is 6.32. The van der Waals surface area contributed by atoms with Gasteiger partial charge in [-0.15, -0.1) is 0 Å². The third kappa shape index (κ3) is 3.50. The van der Waals surface area contributed by atoms with Gasteiger partial charge in [0.2, 0.25) is 5.95 Å². The van der Waals surface area contributed by atoms with Crippen molar-refractivity contribution in [1.29, 1.82) is 0 Å². The zero-order chi connectivity index (χ0) is 19.8. The first-order valence-electron chi connectivity index (χ1n) is 9.13. The van der Waals surface area contributed by atoms with E-state index in [9.17, 15) is 5.11 Å². The van der Waals surface area contributed by atoms with E-state index >= 15 is 0 Å². The average Bonchev–Trinajstić information content (AvgIpc) is 3.26. The van der Waals surface area contributed by atoms with Gasteiger partial charge in [-0.1, -0.05) is 18.2 Å². The van der Waals surface area contributed by atoms with Crippen LogP contribution in [0.25, 0.3) is 28.0 Å². The smallest absolute Gasteiger partial charge is 0.223 e. The van der Waals surface area contributed by atoms with Crippen LogP contribution in [0.1, 0.15) is 24.8 Å². The summed E-state index contributed by atoms with van der Waals surface area (Å²) in [4.78, 5) is 8.45. The Morgan fingerprint density at radius 1 is 1.32 bits per heavy atom. The van der Waals surface area contributed by atoms with Crippen LogP contribution in [0.15, 0.2) is 35.3 Å². The van der Waals surface area contributed by atoms with Gasteiger partial charge in [0.15, 0.2) is 0 Å². The Kier molecular flexibility index (Phi) is 4.87. The molecule has 2 atom stereocenters. The Hall–Kier alpha value is -2.77. The average molecular weight is 400 g/mol. The molecule has 1 fully saturated rings. The minimum atomic E-state index is 0.0887. The van der Waals surface area contributed by atoms with Gasteiger partial charge in [-0.2, -0.15) is 4.98 Å². The molecule has 3 aromatic rings. The topological polar surface area (TPSA) is 123 Å². The predicted octanol–water partition coefficient (Wildman–Crippen LogP) is 3.63. The highest BCUT2D eigenvalue weighted by atomic mass is 35.5. The zero-order valence-corrected chi connectivity index (χ0v) is 16.0. The molecular formula is C20H22ClN5O2. The molecule has 2 unspecified atom stereocenters. The van der Waals surface area contributed by atoms with Crippen molar-refractivity contribution < 1.29 is 9.52 Å². The minimum Gasteiger partial charge on any atom is -0.456 e. The summed E-state index contributed by atoms with van der Waals surface area (Å²) >= 11 is 6.41. The molecule has 0 spiro atoms. The molecule has 0 radical (unpaired) electrons. The Bertz CT molecular complexity index is 1050. The fourth-order valence-electron chi connectivity index (χ4n) is 3.70. The van der Waals surface area contributed by atoms with Gasteiger partial charge in [0.1, 0.15) is 22.3 Å². The summed E-state index contributed by atoms with van der Waals surface area (Å²) in [6.07, 6.45) is 2.77. The van der Waals surface area contributed by atoms with E-state index in [0.29, 0.717) is 34.3 Å². The van der Waals surface area contributed by atoms with Crippen LogP contribution in [0.3, 0.4) is 0 Å². The summed E-state index contributed by atoms with van der Waals surface area (Å²) in [6, 6.07) is 7.66. The second-order valence-electron chi connectivity index (χ2n) is 7.19. The maximum Gasteiger partial charge on any atom is 0.223 e. The van der Waals surface area contributed by atoms with Crippen LogP contribution in [-0.4, -0.2) is 27.7 Å². The number of fused-ring (bicyclic) bond motifs is 1. The first kappa shape index (κ1) is 18.6. The van der Waals surface area contributed by atoms with Crippen molar-refractivity contribution in [3.63, 3.8) is 0 Å². The maximum absolute atomic E-state index is 9.39. The number of hydrogen-bond donors (Lipinski definition) is 4. The molecular weight excluding hydrogens is 378 g/mol. The third-order valence-electron chi connectivity index (χ3n) is 5.16. The van der Waals surface area contributed by atoms with E-state index < -0.39 is 0 Å². The van der Waals surface area contributed by atoms with Gasteiger partial charge in [-0.25, -0.2) is 4.98 Å². The van der Waals surface area contributed by atoms with Crippen LogP contribution in [0.2, 0.25) is 5.15 Å². The number of furan rings is 1. The number of nitrogens with zero attached hydrogens (tertiary/aromatic N) is 2. The normalized spacial score (nSPS) is 19.2. The minimum absolute atomic E-state index is 0.0887. The molecule has 8 heteroatoms. The van der Waals surface area contributed by atoms with Gasteiger partial charge in [0.05, 0.1) is 5.56 Å². The quantitative estimate of drug-likeness (QED) is 0.483. The van der Waals surface area contributed by atoms with E-state index in [-0.39, 0.29) is 23.8 Å². The summed E-state index contributed by atoms with van der Waals surface area (Å²) in [5.74, 6) is 1.46. The number of rotatable bonds is 5. The summed E-state index contributed by atoms with van der Waals surface area (Å²) < 4.78 is 6.00. The van der Waals surface area contributed by atoms with Gasteiger partial charge in [0.25, 0.3) is 0 Å². The molecule has 7 nitrogen and oxygen atoms in total. The Labute approximate surface area is 167 Å². The Morgan fingerprint density at radius 2 is 2.14 bits per heavy atom. The highest BCUT2D eigenvalue weighted by Crippen LogP contribution is 2.38. The molecule has 28 heavy (non-hydrogen) atoms. The van der Waals surface area contributed by atoms with Gasteiger partial charge in [0, 0.05) is 23.7 Å². The molecule has 146 valence electrons. The van der Waals surface area contributed by atoms with Crippen LogP contribution in [0.4, 0.5) is 11.8 Å². The molecule has 0 amide bonds. The molecule has 6 N–H and O–H groups in total. The molecule has 4 rings (SSSR count). The largest absolute Gasteiger partial charge is 0.456 e. The molecule has 2 heterocycles. The second-order valence-corrected chi connectivity index (χ2v) is 7.55. The molecule has 1 aliphatic carbocycles. The first-order chi connectivity index (χ1) is 13.4. The fourth-order valence-corrected chi connectivity index (χ4v) is 3.97. The van der Waals surface area contributed by atoms with Crippen molar-refractivity contribution >= 4 is 40.0 Å². The number of benzene rings is 1. The number of nitrogens with two attached hydrogens (primary N) is 2. The number of anilines is 2. The number of hydrogen-bond acceptors (Lipinski definition) is 7. The van der Waals surface area contributed by atoms with E-state index in [2.05, 4.69) is 21.9 Å². The molecule has 0 aliphatic heterocycles.